The molecule has 0 saturated heterocycles. The lowest BCUT2D eigenvalue weighted by Crippen LogP contribution is -2.38. The van der Waals surface area contributed by atoms with Gasteiger partial charge in [0.15, 0.2) is 6.10 Å². The molecule has 1 atom stereocenters. The number of ether oxygens (including phenoxy) is 1. The molecule has 8 heteroatoms. The fourth-order valence-corrected chi connectivity index (χ4v) is 3.26. The van der Waals surface area contributed by atoms with Crippen LogP contribution in [-0.2, 0) is 16.0 Å². The lowest BCUT2D eigenvalue weighted by atomic mass is 10.00. The summed E-state index contributed by atoms with van der Waals surface area (Å²) in [4.78, 5) is 24.8. The Labute approximate surface area is 187 Å². The summed E-state index contributed by atoms with van der Waals surface area (Å²) in [5.41, 5.74) is 1.28. The van der Waals surface area contributed by atoms with Crippen molar-refractivity contribution >= 4 is 17.7 Å². The highest BCUT2D eigenvalue weighted by Crippen LogP contribution is 2.28. The number of carboxylic acids is 1. The van der Waals surface area contributed by atoms with Crippen molar-refractivity contribution in [1.29, 1.82) is 0 Å². The number of rotatable bonds is 11. The largest absolute Gasteiger partial charge is 0.479 e. The van der Waals surface area contributed by atoms with Gasteiger partial charge in [0, 0.05) is 26.6 Å². The Hall–Kier alpha value is -3.00. The van der Waals surface area contributed by atoms with Crippen molar-refractivity contribution in [3.63, 3.8) is 0 Å². The fraction of sp³-hybridized carbons (Fsp3) is 0.417. The molecule has 2 N–H and O–H groups in total. The molecule has 0 aromatic heterocycles. The van der Waals surface area contributed by atoms with Gasteiger partial charge in [0.05, 0.1) is 5.69 Å². The lowest BCUT2D eigenvalue weighted by Gasteiger charge is -2.20. The van der Waals surface area contributed by atoms with Gasteiger partial charge in [-0.15, -0.1) is 0 Å². The zero-order chi connectivity index (χ0) is 23.7. The van der Waals surface area contributed by atoms with E-state index in [0.29, 0.717) is 17.7 Å². The van der Waals surface area contributed by atoms with Crippen molar-refractivity contribution in [2.24, 2.45) is 0 Å². The van der Waals surface area contributed by atoms with E-state index in [4.69, 9.17) is 4.74 Å². The SMILES string of the molecule is CCCCCNC(=O)N(C)c1cc(-c2ccc(CC(OCC)C(=O)O)c(F)c2)ccc1F. The van der Waals surface area contributed by atoms with E-state index < -0.39 is 29.7 Å². The number of carbonyl (C=O) groups excluding carboxylic acids is 1. The number of aliphatic carboxylic acids is 1. The number of nitrogens with one attached hydrogen (secondary N) is 1. The Morgan fingerprint density at radius 2 is 1.75 bits per heavy atom. The summed E-state index contributed by atoms with van der Waals surface area (Å²) in [5.74, 6) is -2.31. The first-order valence-electron chi connectivity index (χ1n) is 10.7. The van der Waals surface area contributed by atoms with Crippen LogP contribution in [0.1, 0.15) is 38.7 Å². The Kier molecular flexibility index (Phi) is 9.59. The second-order valence-corrected chi connectivity index (χ2v) is 7.46. The quantitative estimate of drug-likeness (QED) is 0.474. The number of nitrogens with zero attached hydrogens (tertiary/aromatic N) is 1. The minimum atomic E-state index is -1.16. The average molecular weight is 449 g/mol. The van der Waals surface area contributed by atoms with Crippen LogP contribution >= 0.6 is 0 Å². The van der Waals surface area contributed by atoms with E-state index in [9.17, 15) is 23.5 Å². The number of halogens is 2. The smallest absolute Gasteiger partial charge is 0.333 e. The number of carbonyl (C=O) groups is 2. The van der Waals surface area contributed by atoms with E-state index in [1.54, 1.807) is 13.0 Å². The van der Waals surface area contributed by atoms with Gasteiger partial charge in [0.2, 0.25) is 0 Å². The predicted molar refractivity (Wildman–Crippen MR) is 120 cm³/mol. The Bertz CT molecular complexity index is 936. The molecule has 0 aliphatic carbocycles. The molecule has 2 aromatic rings. The molecule has 2 aromatic carbocycles. The molecule has 0 saturated carbocycles. The van der Waals surface area contributed by atoms with Crippen LogP contribution in [0.3, 0.4) is 0 Å². The summed E-state index contributed by atoms with van der Waals surface area (Å²) >= 11 is 0. The van der Waals surface area contributed by atoms with Crippen LogP contribution in [0.2, 0.25) is 0 Å². The van der Waals surface area contributed by atoms with Gasteiger partial charge in [0.1, 0.15) is 11.6 Å². The summed E-state index contributed by atoms with van der Waals surface area (Å²) in [5, 5.41) is 12.0. The van der Waals surface area contributed by atoms with E-state index in [1.807, 2.05) is 0 Å². The topological polar surface area (TPSA) is 78.9 Å². The first-order chi connectivity index (χ1) is 15.3. The summed E-state index contributed by atoms with van der Waals surface area (Å²) < 4.78 is 34.2. The van der Waals surface area contributed by atoms with Crippen molar-refractivity contribution in [2.45, 2.75) is 45.6 Å². The van der Waals surface area contributed by atoms with Crippen LogP contribution in [0.15, 0.2) is 36.4 Å². The third-order valence-corrected chi connectivity index (χ3v) is 5.10. The molecule has 0 radical (unpaired) electrons. The fourth-order valence-electron chi connectivity index (χ4n) is 3.26. The van der Waals surface area contributed by atoms with Gasteiger partial charge in [0.25, 0.3) is 0 Å². The van der Waals surface area contributed by atoms with Crippen LogP contribution in [0.25, 0.3) is 11.1 Å². The minimum absolute atomic E-state index is 0.0715. The van der Waals surface area contributed by atoms with Crippen molar-refractivity contribution < 1.29 is 28.2 Å². The Morgan fingerprint density at radius 1 is 1.06 bits per heavy atom. The van der Waals surface area contributed by atoms with E-state index in [0.717, 1.165) is 19.3 Å². The average Bonchev–Trinajstić information content (AvgIpc) is 2.77. The van der Waals surface area contributed by atoms with E-state index >= 15 is 0 Å². The van der Waals surface area contributed by atoms with Crippen LogP contribution < -0.4 is 10.2 Å². The predicted octanol–water partition coefficient (Wildman–Crippen LogP) is 5.00. The van der Waals surface area contributed by atoms with Gasteiger partial charge in [-0.25, -0.2) is 18.4 Å². The monoisotopic (exact) mass is 448 g/mol. The lowest BCUT2D eigenvalue weighted by molar-refractivity contribution is -0.150. The first-order valence-corrected chi connectivity index (χ1v) is 10.7. The number of amides is 2. The van der Waals surface area contributed by atoms with Gasteiger partial charge >= 0.3 is 12.0 Å². The van der Waals surface area contributed by atoms with Crippen molar-refractivity contribution in [3.05, 3.63) is 53.6 Å². The molecule has 0 fully saturated rings. The molecule has 32 heavy (non-hydrogen) atoms. The van der Waals surface area contributed by atoms with Gasteiger partial charge in [-0.1, -0.05) is 38.0 Å². The molecule has 6 nitrogen and oxygen atoms in total. The highest BCUT2D eigenvalue weighted by atomic mass is 19.1. The third-order valence-electron chi connectivity index (χ3n) is 5.10. The van der Waals surface area contributed by atoms with Crippen LogP contribution in [0, 0.1) is 11.6 Å². The Balaban J connectivity index is 2.21. The van der Waals surface area contributed by atoms with Crippen LogP contribution in [-0.4, -0.2) is 43.4 Å². The van der Waals surface area contributed by atoms with E-state index in [2.05, 4.69) is 12.2 Å². The molecule has 174 valence electrons. The van der Waals surface area contributed by atoms with Crippen molar-refractivity contribution in [3.8, 4) is 11.1 Å². The second kappa shape index (κ2) is 12.1. The number of urea groups is 1. The van der Waals surface area contributed by atoms with Gasteiger partial charge in [-0.3, -0.25) is 4.90 Å². The Morgan fingerprint density at radius 3 is 2.38 bits per heavy atom. The molecular weight excluding hydrogens is 418 g/mol. The van der Waals surface area contributed by atoms with E-state index in [1.165, 1.54) is 42.3 Å². The third kappa shape index (κ3) is 6.75. The minimum Gasteiger partial charge on any atom is -0.479 e. The molecule has 0 spiro atoms. The zero-order valence-electron chi connectivity index (χ0n) is 18.7. The molecule has 0 aliphatic rings. The van der Waals surface area contributed by atoms with Gasteiger partial charge < -0.3 is 15.2 Å². The zero-order valence-corrected chi connectivity index (χ0v) is 18.7. The second-order valence-electron chi connectivity index (χ2n) is 7.46. The normalized spacial score (nSPS) is 11.8. The number of unbranched alkanes of at least 4 members (excludes halogenated alkanes) is 2. The molecular formula is C24H30F2N2O4. The number of anilines is 1. The van der Waals surface area contributed by atoms with Crippen LogP contribution in [0.4, 0.5) is 19.3 Å². The number of hydrogen-bond acceptors (Lipinski definition) is 3. The van der Waals surface area contributed by atoms with Gasteiger partial charge in [-0.2, -0.15) is 0 Å². The van der Waals surface area contributed by atoms with Crippen molar-refractivity contribution in [2.75, 3.05) is 25.1 Å². The molecule has 0 aliphatic heterocycles. The standard InChI is InChI=1S/C24H30F2N2O4/c1-4-6-7-12-27-24(31)28(3)21-14-17(10-11-19(21)25)16-8-9-18(20(26)13-16)15-22(23(29)30)32-5-2/h8-11,13-14,22H,4-7,12,15H2,1-3H3,(H,27,31)(H,29,30). The highest BCUT2D eigenvalue weighted by molar-refractivity contribution is 5.92. The maximum absolute atomic E-state index is 14.7. The molecule has 0 heterocycles. The van der Waals surface area contributed by atoms with Crippen LogP contribution in [0.5, 0.6) is 0 Å². The number of benzene rings is 2. The molecule has 2 rings (SSSR count). The summed E-state index contributed by atoms with van der Waals surface area (Å²) in [6, 6.07) is 8.18. The molecule has 1 unspecified atom stereocenters. The highest BCUT2D eigenvalue weighted by Gasteiger charge is 2.21. The summed E-state index contributed by atoms with van der Waals surface area (Å²) in [7, 11) is 1.47. The first kappa shape index (κ1) is 25.3. The maximum atomic E-state index is 14.7. The maximum Gasteiger partial charge on any atom is 0.333 e. The number of hydrogen-bond donors (Lipinski definition) is 2. The number of carboxylic acid groups (broad SMARTS) is 1. The van der Waals surface area contributed by atoms with E-state index in [-0.39, 0.29) is 24.3 Å². The molecule has 2 amide bonds. The molecule has 0 bridgehead atoms. The van der Waals surface area contributed by atoms with Gasteiger partial charge in [-0.05, 0) is 48.2 Å². The van der Waals surface area contributed by atoms with Crippen molar-refractivity contribution in [1.82, 2.24) is 5.32 Å². The summed E-state index contributed by atoms with van der Waals surface area (Å²) in [6.07, 6.45) is 1.62. The summed E-state index contributed by atoms with van der Waals surface area (Å²) in [6.45, 7) is 4.44.